The van der Waals surface area contributed by atoms with Crippen molar-refractivity contribution in [2.75, 3.05) is 6.61 Å². The van der Waals surface area contributed by atoms with Crippen molar-refractivity contribution in [3.63, 3.8) is 0 Å². The van der Waals surface area contributed by atoms with Crippen LogP contribution in [0.1, 0.15) is 5.56 Å². The topological polar surface area (TPSA) is 26.3 Å². The van der Waals surface area contributed by atoms with Crippen molar-refractivity contribution in [1.82, 2.24) is 0 Å². The van der Waals surface area contributed by atoms with Crippen molar-refractivity contribution in [3.05, 3.63) is 35.9 Å². The van der Waals surface area contributed by atoms with E-state index in [1.54, 1.807) is 30.3 Å². The molecule has 0 aliphatic rings. The number of benzene rings is 1. The molecule has 0 aliphatic carbocycles. The van der Waals surface area contributed by atoms with Gasteiger partial charge in [0.15, 0.2) is 0 Å². The van der Waals surface area contributed by atoms with Crippen LogP contribution in [0.5, 0.6) is 0 Å². The van der Waals surface area contributed by atoms with E-state index >= 15 is 0 Å². The van der Waals surface area contributed by atoms with E-state index in [-0.39, 0.29) is 13.0 Å². The first kappa shape index (κ1) is 19.3. The average molecular weight is 439 g/mol. The fraction of sp³-hybridized carbons (Fsp3) is 0.500. The van der Waals surface area contributed by atoms with Gasteiger partial charge in [0.05, 0.1) is 0 Å². The van der Waals surface area contributed by atoms with E-state index in [4.69, 9.17) is 0 Å². The van der Waals surface area contributed by atoms with Gasteiger partial charge in [-0.2, -0.15) is 0 Å². The Hall–Kier alpha value is -0.711. The molecule has 0 radical (unpaired) electrons. The Balaban J connectivity index is 2.53. The van der Waals surface area contributed by atoms with Gasteiger partial charge in [0.25, 0.3) is 0 Å². The van der Waals surface area contributed by atoms with Gasteiger partial charge in [-0.1, -0.05) is 0 Å². The third-order valence-electron chi connectivity index (χ3n) is 2.68. The van der Waals surface area contributed by atoms with Crippen molar-refractivity contribution in [1.29, 1.82) is 0 Å². The van der Waals surface area contributed by atoms with Crippen molar-refractivity contribution < 1.29 is 36.9 Å². The molecule has 0 saturated carbocycles. The molecule has 0 bridgehead atoms. The number of halogens is 7. The van der Waals surface area contributed by atoms with Crippen molar-refractivity contribution >= 4 is 20.2 Å². The fourth-order valence-corrected chi connectivity index (χ4v) is 4.38. The van der Waals surface area contributed by atoms with Crippen LogP contribution < -0.4 is 0 Å². The molecular weight excluding hydrogens is 428 g/mol. The number of rotatable bonds is 7. The third-order valence-corrected chi connectivity index (χ3v) is 6.27. The van der Waals surface area contributed by atoms with Gasteiger partial charge in [0.1, 0.15) is 0 Å². The van der Waals surface area contributed by atoms with Crippen LogP contribution in [0, 0.1) is 0 Å². The molecule has 22 heavy (non-hydrogen) atoms. The van der Waals surface area contributed by atoms with Crippen LogP contribution in [0.2, 0.25) is 4.44 Å². The Morgan fingerprint density at radius 1 is 0.955 bits per heavy atom. The van der Waals surface area contributed by atoms with E-state index in [0.29, 0.717) is 0 Å². The monoisotopic (exact) mass is 440 g/mol. The van der Waals surface area contributed by atoms with E-state index in [0.717, 1.165) is 5.56 Å². The molecule has 0 amide bonds. The molecule has 1 aromatic carbocycles. The first-order valence-electron chi connectivity index (χ1n) is 5.99. The average Bonchev–Trinajstić information content (AvgIpc) is 2.37. The van der Waals surface area contributed by atoms with Crippen molar-refractivity contribution in [2.45, 2.75) is 28.9 Å². The summed E-state index contributed by atoms with van der Waals surface area (Å²) in [6.07, 6.45) is -6.22. The van der Waals surface area contributed by atoms with Gasteiger partial charge in [0.2, 0.25) is 0 Å². The first-order chi connectivity index (χ1) is 9.97. The third kappa shape index (κ3) is 4.90. The van der Waals surface area contributed by atoms with Crippen LogP contribution in [0.25, 0.3) is 0 Å². The van der Waals surface area contributed by atoms with Gasteiger partial charge >= 0.3 is 128 Å². The summed E-state index contributed by atoms with van der Waals surface area (Å²) in [5, 5.41) is 0. The first-order valence-corrected chi connectivity index (χ1v) is 10.3. The molecule has 10 heteroatoms. The SMILES string of the molecule is [O]=[Sn]([CH2]C(F)(F)C(F)(F)C(F)(F)F)[O]CCc1ccccc1. The molecule has 0 N–H and O–H groups in total. The van der Waals surface area contributed by atoms with Crippen molar-refractivity contribution in [2.24, 2.45) is 0 Å². The van der Waals surface area contributed by atoms with Gasteiger partial charge in [-0.15, -0.1) is 0 Å². The normalized spacial score (nSPS) is 13.2. The molecule has 0 fully saturated rings. The second kappa shape index (κ2) is 7.24. The summed E-state index contributed by atoms with van der Waals surface area (Å²) in [6.45, 7) is -0.282. The van der Waals surface area contributed by atoms with Crippen LogP contribution in [-0.2, 0) is 12.6 Å². The number of hydrogen-bond donors (Lipinski definition) is 0. The molecule has 0 unspecified atom stereocenters. The molecule has 0 saturated heterocycles. The number of alkyl halides is 7. The molecule has 1 rings (SSSR count). The van der Waals surface area contributed by atoms with Crippen LogP contribution in [0.15, 0.2) is 30.3 Å². The zero-order valence-corrected chi connectivity index (χ0v) is 13.8. The van der Waals surface area contributed by atoms with Crippen molar-refractivity contribution in [3.8, 4) is 0 Å². The molecule has 2 nitrogen and oxygen atoms in total. The van der Waals surface area contributed by atoms with Gasteiger partial charge in [-0.3, -0.25) is 0 Å². The van der Waals surface area contributed by atoms with Gasteiger partial charge in [-0.05, 0) is 0 Å². The summed E-state index contributed by atoms with van der Waals surface area (Å²) < 4.78 is 101. The molecule has 0 aliphatic heterocycles. The molecule has 0 atom stereocenters. The Morgan fingerprint density at radius 2 is 1.50 bits per heavy atom. The fourth-order valence-electron chi connectivity index (χ4n) is 1.48. The summed E-state index contributed by atoms with van der Waals surface area (Å²) in [6, 6.07) is 8.43. The Labute approximate surface area is 128 Å². The van der Waals surface area contributed by atoms with Crippen LogP contribution in [-0.4, -0.2) is 44.8 Å². The van der Waals surface area contributed by atoms with E-state index in [2.05, 4.69) is 3.07 Å². The van der Waals surface area contributed by atoms with Gasteiger partial charge in [0, 0.05) is 0 Å². The molecule has 1 aromatic rings. The zero-order valence-electron chi connectivity index (χ0n) is 11.0. The zero-order chi connectivity index (χ0) is 17.0. The van der Waals surface area contributed by atoms with E-state index in [1.165, 1.54) is 0 Å². The maximum absolute atomic E-state index is 13.0. The molecule has 124 valence electrons. The molecular formula is C12H11F7O2Sn. The second-order valence-electron chi connectivity index (χ2n) is 4.41. The maximum atomic E-state index is 13.0. The minimum absolute atomic E-state index is 0.189. The Bertz CT molecular complexity index is 502. The van der Waals surface area contributed by atoms with Crippen LogP contribution in [0.3, 0.4) is 0 Å². The summed E-state index contributed by atoms with van der Waals surface area (Å²) in [5.41, 5.74) is 0.728. The van der Waals surface area contributed by atoms with Crippen LogP contribution >= 0.6 is 0 Å². The predicted octanol–water partition coefficient (Wildman–Crippen LogP) is 4.00. The van der Waals surface area contributed by atoms with E-state index in [1.807, 2.05) is 0 Å². The molecule has 0 aromatic heterocycles. The summed E-state index contributed by atoms with van der Waals surface area (Å²) in [7, 11) is 0. The molecule has 0 spiro atoms. The van der Waals surface area contributed by atoms with Crippen LogP contribution in [0.4, 0.5) is 30.7 Å². The molecule has 0 heterocycles. The summed E-state index contributed by atoms with van der Waals surface area (Å²) in [5.74, 6) is -11.7. The van der Waals surface area contributed by atoms with Gasteiger partial charge in [-0.25, -0.2) is 0 Å². The predicted molar refractivity (Wildman–Crippen MR) is 63.3 cm³/mol. The van der Waals surface area contributed by atoms with E-state index in [9.17, 15) is 33.8 Å². The standard InChI is InChI=1S/C8H9O.C4H2F7.O.Sn/c9-7-6-8-4-2-1-3-5-8;1-2(5,6)3(7,8)4(9,10)11;;/h1-5H,6-7H2;1H2;;/q-1;;;+1. The van der Waals surface area contributed by atoms with Gasteiger partial charge < -0.3 is 0 Å². The summed E-state index contributed by atoms with van der Waals surface area (Å²) in [4.78, 5) is 0. The minimum atomic E-state index is -6.41. The summed E-state index contributed by atoms with van der Waals surface area (Å²) >= 11 is -4.72. The quantitative estimate of drug-likeness (QED) is 0.475. The number of hydrogen-bond acceptors (Lipinski definition) is 2. The second-order valence-corrected chi connectivity index (χ2v) is 8.37. The van der Waals surface area contributed by atoms with E-state index < -0.39 is 42.6 Å². The Morgan fingerprint density at radius 3 is 2.00 bits per heavy atom. The Kier molecular flexibility index (Phi) is 6.36.